The second-order valence-electron chi connectivity index (χ2n) is 6.79. The number of amides is 1. The molecule has 154 valence electrons. The monoisotopic (exact) mass is 383 g/mol. The van der Waals surface area contributed by atoms with Crippen LogP contribution >= 0.6 is 0 Å². The third kappa shape index (κ3) is 18.4. The van der Waals surface area contributed by atoms with Gasteiger partial charge in [-0.2, -0.15) is 0 Å². The Kier molecular flexibility index (Phi) is 16.5. The molecule has 0 aliphatic carbocycles. The Bertz CT molecular complexity index is 602. The number of unbranched alkanes of at least 4 members (excludes halogenated alkanes) is 2. The van der Waals surface area contributed by atoms with Gasteiger partial charge in [-0.15, -0.1) is 0 Å². The summed E-state index contributed by atoms with van der Waals surface area (Å²) in [6, 6.07) is 0. The summed E-state index contributed by atoms with van der Waals surface area (Å²) >= 11 is 0. The fourth-order valence-electron chi connectivity index (χ4n) is 2.16. The first-order chi connectivity index (χ1) is 13.5. The summed E-state index contributed by atoms with van der Waals surface area (Å²) in [5.41, 5.74) is -0.842. The van der Waals surface area contributed by atoms with Crippen molar-refractivity contribution in [2.24, 2.45) is 0 Å². The molecule has 0 saturated heterocycles. The molecule has 3 nitrogen and oxygen atoms in total. The Balaban J connectivity index is 3.90. The maximum Gasteiger partial charge on any atom is 0.244 e. The lowest BCUT2D eigenvalue weighted by atomic mass is 9.99. The molecule has 0 aromatic heterocycles. The van der Waals surface area contributed by atoms with Crippen molar-refractivity contribution >= 4 is 5.91 Å². The van der Waals surface area contributed by atoms with Gasteiger partial charge in [0.05, 0.1) is 5.60 Å². The SMILES string of the molecule is CC=CC=CC=CC=CCCC=CC=CC=CC(=O)NCC(C)(O)CCCC. The standard InChI is InChI=1S/C25H37NO2/c1-4-6-8-9-10-11-12-13-14-15-16-17-18-19-20-21-24(27)26-23-25(3,28)22-7-5-2/h4,6,8-13,16-21,28H,5,7,14-15,22-23H2,1-3H3,(H,26,27). The van der Waals surface area contributed by atoms with Crippen LogP contribution in [0.25, 0.3) is 0 Å². The zero-order valence-corrected chi connectivity index (χ0v) is 17.7. The van der Waals surface area contributed by atoms with Gasteiger partial charge in [0.1, 0.15) is 0 Å². The van der Waals surface area contributed by atoms with Gasteiger partial charge in [0.25, 0.3) is 0 Å². The molecule has 2 N–H and O–H groups in total. The normalized spacial score (nSPS) is 15.4. The number of nitrogens with one attached hydrogen (secondary N) is 1. The third-order valence-corrected chi connectivity index (χ3v) is 3.81. The fraction of sp³-hybridized carbons (Fsp3) is 0.400. The largest absolute Gasteiger partial charge is 0.388 e. The van der Waals surface area contributed by atoms with Crippen LogP contribution in [-0.2, 0) is 4.79 Å². The van der Waals surface area contributed by atoms with Crippen LogP contribution < -0.4 is 5.32 Å². The topological polar surface area (TPSA) is 49.3 Å². The first-order valence-corrected chi connectivity index (χ1v) is 10.1. The van der Waals surface area contributed by atoms with Gasteiger partial charge in [-0.05, 0) is 33.1 Å². The van der Waals surface area contributed by atoms with E-state index >= 15 is 0 Å². The van der Waals surface area contributed by atoms with E-state index in [2.05, 4.69) is 24.4 Å². The molecule has 1 atom stereocenters. The Morgan fingerprint density at radius 1 is 0.893 bits per heavy atom. The van der Waals surface area contributed by atoms with Gasteiger partial charge < -0.3 is 10.4 Å². The van der Waals surface area contributed by atoms with E-state index in [-0.39, 0.29) is 12.5 Å². The van der Waals surface area contributed by atoms with E-state index in [0.29, 0.717) is 6.42 Å². The maximum absolute atomic E-state index is 11.7. The van der Waals surface area contributed by atoms with E-state index in [9.17, 15) is 9.90 Å². The van der Waals surface area contributed by atoms with Gasteiger partial charge >= 0.3 is 0 Å². The lowest BCUT2D eigenvalue weighted by Gasteiger charge is -2.22. The van der Waals surface area contributed by atoms with E-state index in [1.807, 2.05) is 67.7 Å². The number of carbonyl (C=O) groups excluding carboxylic acids is 1. The summed E-state index contributed by atoms with van der Waals surface area (Å²) in [6.07, 6.45) is 31.8. The highest BCUT2D eigenvalue weighted by atomic mass is 16.3. The molecular formula is C25H37NO2. The first-order valence-electron chi connectivity index (χ1n) is 10.1. The van der Waals surface area contributed by atoms with Crippen molar-refractivity contribution in [2.75, 3.05) is 6.54 Å². The summed E-state index contributed by atoms with van der Waals surface area (Å²) < 4.78 is 0. The van der Waals surface area contributed by atoms with E-state index in [1.54, 1.807) is 13.0 Å². The molecule has 0 bridgehead atoms. The summed E-state index contributed by atoms with van der Waals surface area (Å²) in [4.78, 5) is 11.7. The Morgan fingerprint density at radius 2 is 1.43 bits per heavy atom. The summed E-state index contributed by atoms with van der Waals surface area (Å²) in [5.74, 6) is -0.191. The number of hydrogen-bond donors (Lipinski definition) is 2. The van der Waals surface area contributed by atoms with Gasteiger partial charge in [0.15, 0.2) is 0 Å². The van der Waals surface area contributed by atoms with Gasteiger partial charge in [-0.25, -0.2) is 0 Å². The molecular weight excluding hydrogens is 346 g/mol. The average molecular weight is 384 g/mol. The van der Waals surface area contributed by atoms with Gasteiger partial charge in [0.2, 0.25) is 5.91 Å². The molecule has 28 heavy (non-hydrogen) atoms. The minimum atomic E-state index is -0.842. The summed E-state index contributed by atoms with van der Waals surface area (Å²) in [6.45, 7) is 6.10. The van der Waals surface area contributed by atoms with Crippen LogP contribution in [0.4, 0.5) is 0 Å². The second kappa shape index (κ2) is 18.0. The van der Waals surface area contributed by atoms with Gasteiger partial charge in [0, 0.05) is 12.6 Å². The van der Waals surface area contributed by atoms with Crippen LogP contribution in [0.15, 0.2) is 85.1 Å². The number of rotatable bonds is 14. The Morgan fingerprint density at radius 3 is 2.00 bits per heavy atom. The molecule has 1 unspecified atom stereocenters. The van der Waals surface area contributed by atoms with Crippen molar-refractivity contribution in [2.45, 2.75) is 58.5 Å². The number of allylic oxidation sites excluding steroid dienone is 13. The highest BCUT2D eigenvalue weighted by molar-refractivity contribution is 5.87. The zero-order chi connectivity index (χ0) is 20.9. The van der Waals surface area contributed by atoms with Crippen molar-refractivity contribution in [3.8, 4) is 0 Å². The van der Waals surface area contributed by atoms with Crippen molar-refractivity contribution < 1.29 is 9.90 Å². The maximum atomic E-state index is 11.7. The molecule has 0 aromatic carbocycles. The summed E-state index contributed by atoms with van der Waals surface area (Å²) in [7, 11) is 0. The highest BCUT2D eigenvalue weighted by Crippen LogP contribution is 2.11. The van der Waals surface area contributed by atoms with Crippen LogP contribution in [0.1, 0.15) is 52.9 Å². The second-order valence-corrected chi connectivity index (χ2v) is 6.79. The van der Waals surface area contributed by atoms with Gasteiger partial charge in [-0.1, -0.05) is 98.8 Å². The minimum Gasteiger partial charge on any atom is -0.388 e. The zero-order valence-electron chi connectivity index (χ0n) is 17.7. The van der Waals surface area contributed by atoms with Crippen LogP contribution in [0.5, 0.6) is 0 Å². The molecule has 0 rings (SSSR count). The van der Waals surface area contributed by atoms with Crippen molar-refractivity contribution in [1.82, 2.24) is 5.32 Å². The van der Waals surface area contributed by atoms with Crippen LogP contribution in [0.2, 0.25) is 0 Å². The Labute approximate surface area is 171 Å². The van der Waals surface area contributed by atoms with Crippen LogP contribution in [-0.4, -0.2) is 23.2 Å². The molecule has 0 aliphatic rings. The molecule has 0 spiro atoms. The number of hydrogen-bond acceptors (Lipinski definition) is 2. The van der Waals surface area contributed by atoms with Crippen LogP contribution in [0.3, 0.4) is 0 Å². The molecule has 0 aromatic rings. The number of aliphatic hydroxyl groups is 1. The molecule has 3 heteroatoms. The van der Waals surface area contributed by atoms with E-state index < -0.39 is 5.60 Å². The van der Waals surface area contributed by atoms with Crippen molar-refractivity contribution in [3.63, 3.8) is 0 Å². The lowest BCUT2D eigenvalue weighted by molar-refractivity contribution is -0.117. The van der Waals surface area contributed by atoms with E-state index in [0.717, 1.165) is 25.7 Å². The average Bonchev–Trinajstić information content (AvgIpc) is 2.68. The van der Waals surface area contributed by atoms with E-state index in [1.165, 1.54) is 6.08 Å². The van der Waals surface area contributed by atoms with Crippen molar-refractivity contribution in [3.05, 3.63) is 85.1 Å². The predicted octanol–water partition coefficient (Wildman–Crippen LogP) is 5.74. The molecule has 0 heterocycles. The van der Waals surface area contributed by atoms with Gasteiger partial charge in [-0.3, -0.25) is 4.79 Å². The highest BCUT2D eigenvalue weighted by Gasteiger charge is 2.19. The number of carbonyl (C=O) groups is 1. The van der Waals surface area contributed by atoms with Crippen LogP contribution in [0, 0.1) is 0 Å². The Hall–Kier alpha value is -2.39. The fourth-order valence-corrected chi connectivity index (χ4v) is 2.16. The lowest BCUT2D eigenvalue weighted by Crippen LogP contribution is -2.39. The predicted molar refractivity (Wildman–Crippen MR) is 122 cm³/mol. The third-order valence-electron chi connectivity index (χ3n) is 3.81. The molecule has 1 amide bonds. The molecule has 0 saturated carbocycles. The smallest absolute Gasteiger partial charge is 0.244 e. The molecule has 0 aliphatic heterocycles. The summed E-state index contributed by atoms with van der Waals surface area (Å²) in [5, 5.41) is 12.9. The molecule has 0 radical (unpaired) electrons. The van der Waals surface area contributed by atoms with Crippen molar-refractivity contribution in [1.29, 1.82) is 0 Å². The minimum absolute atomic E-state index is 0.191. The quantitative estimate of drug-likeness (QED) is 0.228. The molecule has 0 fully saturated rings. The first kappa shape index (κ1) is 25.6. The van der Waals surface area contributed by atoms with E-state index in [4.69, 9.17) is 0 Å².